The van der Waals surface area contributed by atoms with Crippen molar-refractivity contribution in [1.82, 2.24) is 0 Å². The maximum Gasteiger partial charge on any atom is 0.356 e. The number of rotatable bonds is 13. The summed E-state index contributed by atoms with van der Waals surface area (Å²) in [5.41, 5.74) is 7.75. The van der Waals surface area contributed by atoms with E-state index in [4.69, 9.17) is 9.47 Å². The Morgan fingerprint density at radius 2 is 0.955 bits per heavy atom. The normalized spacial score (nSPS) is 14.7. The summed E-state index contributed by atoms with van der Waals surface area (Å²) in [5.74, 6) is 0.355. The minimum absolute atomic E-state index is 0.0534. The lowest BCUT2D eigenvalue weighted by molar-refractivity contribution is -0.0711. The molecule has 0 aliphatic heterocycles. The fourth-order valence-corrected chi connectivity index (χ4v) is 6.12. The van der Waals surface area contributed by atoms with Gasteiger partial charge in [-0.05, 0) is 66.6 Å². The van der Waals surface area contributed by atoms with Crippen molar-refractivity contribution in [2.75, 3.05) is 13.2 Å². The zero-order chi connectivity index (χ0) is 32.1. The van der Waals surface area contributed by atoms with Crippen LogP contribution in [0.4, 0.5) is 0 Å². The molecule has 0 saturated carbocycles. The van der Waals surface area contributed by atoms with E-state index in [-0.39, 0.29) is 31.0 Å². The summed E-state index contributed by atoms with van der Waals surface area (Å²) in [7, 11) is -4.44. The Hall–Kier alpha value is -3.05. The molecule has 0 bridgehead atoms. The van der Waals surface area contributed by atoms with Gasteiger partial charge in [0.2, 0.25) is 0 Å². The molecule has 2 N–H and O–H groups in total. The van der Waals surface area contributed by atoms with Crippen LogP contribution in [0.15, 0.2) is 103 Å². The van der Waals surface area contributed by atoms with Gasteiger partial charge in [0.25, 0.3) is 0 Å². The van der Waals surface area contributed by atoms with Gasteiger partial charge in [0.05, 0.1) is 18.8 Å². The average molecular weight is 615 g/mol. The number of hydrogen-bond acceptors (Lipinski definition) is 3. The van der Waals surface area contributed by atoms with E-state index in [2.05, 4.69) is 126 Å². The van der Waals surface area contributed by atoms with Crippen molar-refractivity contribution in [2.45, 2.75) is 77.2 Å². The second-order valence-electron chi connectivity index (χ2n) is 12.7. The smallest absolute Gasteiger partial charge is 0.356 e. The zero-order valence-corrected chi connectivity index (χ0v) is 27.9. The molecule has 234 valence electrons. The van der Waals surface area contributed by atoms with E-state index < -0.39 is 18.5 Å². The molecule has 4 aromatic carbocycles. The third-order valence-electron chi connectivity index (χ3n) is 8.86. The van der Waals surface area contributed by atoms with E-state index in [1.165, 1.54) is 47.2 Å². The Morgan fingerprint density at radius 1 is 0.591 bits per heavy atom. The Balaban J connectivity index is 1.86. The molecule has 5 nitrogen and oxygen atoms in total. The average Bonchev–Trinajstić information content (AvgIpc) is 3.02. The maximum absolute atomic E-state index is 11.9. The van der Waals surface area contributed by atoms with Gasteiger partial charge in [-0.15, -0.1) is 0 Å². The molecule has 3 unspecified atom stereocenters. The molecule has 6 heteroatoms. The fourth-order valence-electron chi connectivity index (χ4n) is 5.86. The topological polar surface area (TPSA) is 76.0 Å². The van der Waals surface area contributed by atoms with Gasteiger partial charge < -0.3 is 19.3 Å². The molecule has 44 heavy (non-hydrogen) atoms. The van der Waals surface area contributed by atoms with Crippen LogP contribution in [0.2, 0.25) is 0 Å². The van der Waals surface area contributed by atoms with Gasteiger partial charge in [0.1, 0.15) is 0 Å². The second-order valence-corrected chi connectivity index (χ2v) is 14.8. The van der Waals surface area contributed by atoms with E-state index >= 15 is 0 Å². The van der Waals surface area contributed by atoms with Crippen LogP contribution >= 0.6 is 7.60 Å². The molecule has 0 aliphatic carbocycles. The highest BCUT2D eigenvalue weighted by Gasteiger charge is 2.39. The van der Waals surface area contributed by atoms with Crippen LogP contribution in [0, 0.1) is 0 Å². The summed E-state index contributed by atoms with van der Waals surface area (Å²) >= 11 is 0. The Kier molecular flexibility index (Phi) is 10.7. The van der Waals surface area contributed by atoms with Gasteiger partial charge >= 0.3 is 7.60 Å². The predicted octanol–water partition coefficient (Wildman–Crippen LogP) is 9.32. The zero-order valence-electron chi connectivity index (χ0n) is 27.0. The van der Waals surface area contributed by atoms with Crippen molar-refractivity contribution >= 4 is 7.60 Å². The Bertz CT molecular complexity index is 1480. The maximum atomic E-state index is 11.9. The van der Waals surface area contributed by atoms with Crippen molar-refractivity contribution in [3.05, 3.63) is 142 Å². The Morgan fingerprint density at radius 3 is 1.34 bits per heavy atom. The van der Waals surface area contributed by atoms with Crippen molar-refractivity contribution in [3.8, 4) is 0 Å². The number of hydrogen-bond donors (Lipinski definition) is 2. The van der Waals surface area contributed by atoms with Crippen molar-refractivity contribution in [2.24, 2.45) is 0 Å². The summed E-state index contributed by atoms with van der Waals surface area (Å²) in [5, 5.41) is -1.59. The lowest BCUT2D eigenvalue weighted by Crippen LogP contribution is -2.31. The highest BCUT2D eigenvalue weighted by atomic mass is 31.2. The van der Waals surface area contributed by atoms with E-state index in [0.717, 1.165) is 5.56 Å². The summed E-state index contributed by atoms with van der Waals surface area (Å²) < 4.78 is 24.1. The molecule has 0 aromatic heterocycles. The van der Waals surface area contributed by atoms with Gasteiger partial charge in [-0.2, -0.15) is 0 Å². The molecule has 4 aromatic rings. The van der Waals surface area contributed by atoms with Gasteiger partial charge in [0, 0.05) is 17.8 Å². The molecule has 0 spiro atoms. The molecule has 0 radical (unpaired) electrons. The lowest BCUT2D eigenvalue weighted by Gasteiger charge is -2.36. The Labute approximate surface area is 263 Å². The molecule has 0 aliphatic rings. The van der Waals surface area contributed by atoms with Gasteiger partial charge in [0.15, 0.2) is 5.34 Å². The quantitative estimate of drug-likeness (QED) is 0.116. The second kappa shape index (κ2) is 13.9. The first kappa shape index (κ1) is 33.8. The summed E-state index contributed by atoms with van der Waals surface area (Å²) in [6.45, 7) is 14.0. The predicted molar refractivity (Wildman–Crippen MR) is 179 cm³/mol. The SMILES string of the molecule is CC(c1ccccc1)c1cc(C(C)c2ccccc2)c(C(C)(C)OCCOC(C)(C)P(=O)(O)O)c(C(C)c2ccccc2)c1. The largest absolute Gasteiger partial charge is 0.368 e. The van der Waals surface area contributed by atoms with Crippen LogP contribution in [0.3, 0.4) is 0 Å². The highest BCUT2D eigenvalue weighted by molar-refractivity contribution is 7.53. The van der Waals surface area contributed by atoms with Crippen LogP contribution in [0.5, 0.6) is 0 Å². The van der Waals surface area contributed by atoms with Gasteiger partial charge in [-0.3, -0.25) is 4.57 Å². The van der Waals surface area contributed by atoms with Gasteiger partial charge in [-0.1, -0.05) is 124 Å². The van der Waals surface area contributed by atoms with E-state index in [9.17, 15) is 14.4 Å². The molecular formula is C38H47O5P. The minimum atomic E-state index is -4.44. The van der Waals surface area contributed by atoms with Crippen molar-refractivity contribution in [1.29, 1.82) is 0 Å². The van der Waals surface area contributed by atoms with Crippen molar-refractivity contribution in [3.63, 3.8) is 0 Å². The number of benzene rings is 4. The first-order chi connectivity index (χ1) is 20.7. The monoisotopic (exact) mass is 614 g/mol. The first-order valence-corrected chi connectivity index (χ1v) is 17.0. The highest BCUT2D eigenvalue weighted by Crippen LogP contribution is 2.50. The molecule has 3 atom stereocenters. The van der Waals surface area contributed by atoms with Crippen LogP contribution in [0.25, 0.3) is 0 Å². The summed E-state index contributed by atoms with van der Waals surface area (Å²) in [4.78, 5) is 19.4. The van der Waals surface area contributed by atoms with Gasteiger partial charge in [-0.25, -0.2) is 0 Å². The summed E-state index contributed by atoms with van der Waals surface area (Å²) in [6.07, 6.45) is 0. The van der Waals surface area contributed by atoms with Crippen LogP contribution in [-0.2, 0) is 19.6 Å². The number of ether oxygens (including phenoxy) is 2. The third kappa shape index (κ3) is 7.77. The summed E-state index contributed by atoms with van der Waals surface area (Å²) in [6, 6.07) is 36.4. The molecule has 0 heterocycles. The third-order valence-corrected chi connectivity index (χ3v) is 10.4. The van der Waals surface area contributed by atoms with E-state index in [1.807, 2.05) is 12.1 Å². The molecule has 4 rings (SSSR count). The van der Waals surface area contributed by atoms with E-state index in [0.29, 0.717) is 0 Å². The first-order valence-electron chi connectivity index (χ1n) is 15.4. The molecule has 0 amide bonds. The van der Waals surface area contributed by atoms with Crippen LogP contribution in [-0.4, -0.2) is 28.3 Å². The van der Waals surface area contributed by atoms with E-state index in [1.54, 1.807) is 0 Å². The molecule has 0 fully saturated rings. The molecular weight excluding hydrogens is 567 g/mol. The standard InChI is InChI=1S/C38H47O5P/c1-27(30-17-11-8-12-18-30)33-25-34(28(2)31-19-13-9-14-20-31)36(35(26-33)29(3)32-21-15-10-16-22-32)37(4,5)42-23-24-43-38(6,7)44(39,40)41/h8-22,25-29H,23-24H2,1-7H3,(H2,39,40,41). The van der Waals surface area contributed by atoms with Crippen LogP contribution in [0.1, 0.15) is 105 Å². The minimum Gasteiger partial charge on any atom is -0.368 e. The van der Waals surface area contributed by atoms with Crippen molar-refractivity contribution < 1.29 is 23.8 Å². The lowest BCUT2D eigenvalue weighted by atomic mass is 9.74. The fraction of sp³-hybridized carbons (Fsp3) is 0.368. The molecule has 0 saturated heterocycles. The van der Waals surface area contributed by atoms with Crippen LogP contribution < -0.4 is 0 Å².